The molecule has 5 heterocycles. The first-order valence-electron chi connectivity index (χ1n) is 14.7. The summed E-state index contributed by atoms with van der Waals surface area (Å²) in [7, 11) is 0. The first-order chi connectivity index (χ1) is 20.7. The standard InChI is InChI=1S/C30H37F2N5O6/c31-22-4-3-18(8-23(22)32)12-35-15-21-16-36(6-7-42-21)30(41)24-9-20(14-37(24)13-19-2-1-5-33-11-19)34-27(38)10-25-28(39)29(40)26(17-35)43-25/h1-5,8,11,20-21,24-26,28-29,39-40H,6-7,9-10,12-17H2,(H,34,38)/t20-,21+,24-,25-,26+,28-,29+/m0/s1. The highest BCUT2D eigenvalue weighted by atomic mass is 19.2. The molecule has 43 heavy (non-hydrogen) atoms. The van der Waals surface area contributed by atoms with Crippen molar-refractivity contribution >= 4 is 11.8 Å². The number of carbonyl (C=O) groups excluding carboxylic acids is 2. The molecule has 2 amide bonds. The Morgan fingerprint density at radius 1 is 0.977 bits per heavy atom. The zero-order chi connectivity index (χ0) is 30.1. The van der Waals surface area contributed by atoms with Gasteiger partial charge in [-0.25, -0.2) is 8.78 Å². The first kappa shape index (κ1) is 30.0. The van der Waals surface area contributed by atoms with Crippen LogP contribution in [0.1, 0.15) is 24.0 Å². The lowest BCUT2D eigenvalue weighted by molar-refractivity contribution is -0.145. The number of nitrogens with one attached hydrogen (secondary N) is 1. The maximum absolute atomic E-state index is 14.0. The molecular formula is C30H37F2N5O6. The summed E-state index contributed by atoms with van der Waals surface area (Å²) in [6.07, 6.45) is -0.967. The minimum absolute atomic E-state index is 0.0394. The molecule has 4 fully saturated rings. The van der Waals surface area contributed by atoms with Crippen molar-refractivity contribution in [1.82, 2.24) is 25.0 Å². The number of hydrogen-bond acceptors (Lipinski definition) is 9. The van der Waals surface area contributed by atoms with E-state index in [1.807, 2.05) is 17.0 Å². The van der Waals surface area contributed by atoms with E-state index in [-0.39, 0.29) is 43.5 Å². The molecule has 2 aromatic rings. The van der Waals surface area contributed by atoms with Gasteiger partial charge in [-0.05, 0) is 35.7 Å². The number of aromatic nitrogens is 1. The second-order valence-electron chi connectivity index (χ2n) is 11.9. The van der Waals surface area contributed by atoms with E-state index >= 15 is 0 Å². The predicted octanol–water partition coefficient (Wildman–Crippen LogP) is 0.0414. The number of amides is 2. The summed E-state index contributed by atoms with van der Waals surface area (Å²) in [5.41, 5.74) is 1.46. The van der Waals surface area contributed by atoms with Crippen LogP contribution in [0.25, 0.3) is 0 Å². The van der Waals surface area contributed by atoms with E-state index in [9.17, 15) is 28.6 Å². The fraction of sp³-hybridized carbons (Fsp3) is 0.567. The molecule has 0 radical (unpaired) electrons. The fourth-order valence-electron chi connectivity index (χ4n) is 6.66. The molecule has 4 saturated heterocycles. The van der Waals surface area contributed by atoms with Crippen LogP contribution in [0, 0.1) is 11.6 Å². The summed E-state index contributed by atoms with van der Waals surface area (Å²) in [6.45, 7) is 2.65. The minimum atomic E-state index is -1.28. The van der Waals surface area contributed by atoms with Gasteiger partial charge in [0.15, 0.2) is 11.6 Å². The van der Waals surface area contributed by atoms with Crippen molar-refractivity contribution < 1.29 is 38.1 Å². The molecule has 232 valence electrons. The van der Waals surface area contributed by atoms with Gasteiger partial charge in [0.05, 0.1) is 37.4 Å². The van der Waals surface area contributed by atoms with Crippen molar-refractivity contribution in [1.29, 1.82) is 0 Å². The first-order valence-corrected chi connectivity index (χ1v) is 14.7. The Hall–Kier alpha value is -3.07. The van der Waals surface area contributed by atoms with Crippen LogP contribution < -0.4 is 5.32 Å². The predicted molar refractivity (Wildman–Crippen MR) is 148 cm³/mol. The van der Waals surface area contributed by atoms with Crippen molar-refractivity contribution in [3.63, 3.8) is 0 Å². The van der Waals surface area contributed by atoms with Crippen LogP contribution in [-0.4, -0.2) is 124 Å². The smallest absolute Gasteiger partial charge is 0.240 e. The number of likely N-dealkylation sites (tertiary alicyclic amines) is 1. The molecule has 0 unspecified atom stereocenters. The van der Waals surface area contributed by atoms with Gasteiger partial charge in [-0.15, -0.1) is 0 Å². The molecule has 0 aliphatic carbocycles. The quantitative estimate of drug-likeness (QED) is 0.445. The molecule has 0 saturated carbocycles. The topological polar surface area (TPSA) is 128 Å². The van der Waals surface area contributed by atoms with Crippen molar-refractivity contribution in [2.45, 2.75) is 68.5 Å². The van der Waals surface area contributed by atoms with Crippen molar-refractivity contribution in [3.8, 4) is 0 Å². The van der Waals surface area contributed by atoms with Gasteiger partial charge >= 0.3 is 0 Å². The molecule has 4 aliphatic rings. The number of benzene rings is 1. The summed E-state index contributed by atoms with van der Waals surface area (Å²) in [5, 5.41) is 24.6. The van der Waals surface area contributed by atoms with Crippen molar-refractivity contribution in [3.05, 3.63) is 65.5 Å². The number of fused-ring (bicyclic) bond motifs is 6. The van der Waals surface area contributed by atoms with Crippen molar-refractivity contribution in [2.75, 3.05) is 39.3 Å². The van der Waals surface area contributed by atoms with E-state index in [4.69, 9.17) is 9.47 Å². The van der Waals surface area contributed by atoms with Gasteiger partial charge in [-0.3, -0.25) is 24.4 Å². The number of aliphatic hydroxyl groups excluding tert-OH is 2. The number of morpholine rings is 1. The van der Waals surface area contributed by atoms with Gasteiger partial charge in [-0.1, -0.05) is 12.1 Å². The van der Waals surface area contributed by atoms with Crippen LogP contribution in [0.5, 0.6) is 0 Å². The highest BCUT2D eigenvalue weighted by Gasteiger charge is 2.46. The van der Waals surface area contributed by atoms with Gasteiger partial charge < -0.3 is 29.9 Å². The summed E-state index contributed by atoms with van der Waals surface area (Å²) in [6, 6.07) is 6.70. The Labute approximate surface area is 248 Å². The van der Waals surface area contributed by atoms with Crippen LogP contribution in [0.4, 0.5) is 8.78 Å². The summed E-state index contributed by atoms with van der Waals surface area (Å²) in [5.74, 6) is -2.30. The maximum atomic E-state index is 14.0. The molecular weight excluding hydrogens is 564 g/mol. The number of hydrogen-bond donors (Lipinski definition) is 3. The molecule has 7 atom stereocenters. The number of nitrogens with zero attached hydrogens (tertiary/aromatic N) is 4. The molecule has 6 bridgehead atoms. The fourth-order valence-corrected chi connectivity index (χ4v) is 6.66. The van der Waals surface area contributed by atoms with E-state index < -0.39 is 42.1 Å². The van der Waals surface area contributed by atoms with Gasteiger partial charge in [0, 0.05) is 64.2 Å². The lowest BCUT2D eigenvalue weighted by Crippen LogP contribution is -2.54. The second-order valence-corrected chi connectivity index (χ2v) is 11.9. The highest BCUT2D eigenvalue weighted by molar-refractivity contribution is 5.83. The summed E-state index contributed by atoms with van der Waals surface area (Å²) in [4.78, 5) is 37.0. The number of ether oxygens (including phenoxy) is 2. The molecule has 11 nitrogen and oxygen atoms in total. The van der Waals surface area contributed by atoms with E-state index in [2.05, 4.69) is 15.2 Å². The average molecular weight is 602 g/mol. The molecule has 1 aromatic carbocycles. The number of pyridine rings is 1. The minimum Gasteiger partial charge on any atom is -0.388 e. The Bertz CT molecular complexity index is 1310. The Morgan fingerprint density at radius 3 is 2.60 bits per heavy atom. The van der Waals surface area contributed by atoms with E-state index in [1.54, 1.807) is 17.3 Å². The molecule has 4 aliphatic heterocycles. The summed E-state index contributed by atoms with van der Waals surface area (Å²) < 4.78 is 39.7. The van der Waals surface area contributed by atoms with Crippen molar-refractivity contribution in [2.24, 2.45) is 0 Å². The highest BCUT2D eigenvalue weighted by Crippen LogP contribution is 2.28. The third kappa shape index (κ3) is 6.87. The second kappa shape index (κ2) is 12.9. The lowest BCUT2D eigenvalue weighted by Gasteiger charge is -2.38. The molecule has 0 spiro atoms. The number of rotatable bonds is 4. The van der Waals surface area contributed by atoms with Crippen LogP contribution in [0.3, 0.4) is 0 Å². The number of halogens is 2. The monoisotopic (exact) mass is 601 g/mol. The molecule has 1 aromatic heterocycles. The third-order valence-corrected chi connectivity index (χ3v) is 8.75. The zero-order valence-corrected chi connectivity index (χ0v) is 23.7. The number of aliphatic hydroxyl groups is 2. The SMILES string of the molecule is O=C1C[C@@H]2O[C@H](CN(Cc3ccc(F)c(F)c3)C[C@@H]3CN(CCO3)C(=O)[C@@H]3C[C@@H](CN3Cc3cccnc3)N1)[C@@H](O)[C@H]2O. The van der Waals surface area contributed by atoms with Crippen LogP contribution in [0.15, 0.2) is 42.7 Å². The van der Waals surface area contributed by atoms with Gasteiger partial charge in [0.25, 0.3) is 0 Å². The van der Waals surface area contributed by atoms with Crippen LogP contribution >= 0.6 is 0 Å². The Kier molecular flexibility index (Phi) is 8.98. The van der Waals surface area contributed by atoms with Gasteiger partial charge in [0.1, 0.15) is 12.2 Å². The molecule has 13 heteroatoms. The van der Waals surface area contributed by atoms with E-state index in [1.165, 1.54) is 6.07 Å². The molecule has 6 rings (SSSR count). The lowest BCUT2D eigenvalue weighted by atomic mass is 10.0. The molecule has 3 N–H and O–H groups in total. The van der Waals surface area contributed by atoms with E-state index in [0.717, 1.165) is 17.7 Å². The van der Waals surface area contributed by atoms with Gasteiger partial charge in [-0.2, -0.15) is 0 Å². The average Bonchev–Trinajstić information content (AvgIpc) is 3.49. The number of carbonyl (C=O) groups is 2. The largest absolute Gasteiger partial charge is 0.388 e. The van der Waals surface area contributed by atoms with Crippen LogP contribution in [-0.2, 0) is 32.2 Å². The van der Waals surface area contributed by atoms with Gasteiger partial charge in [0.2, 0.25) is 11.8 Å². The third-order valence-electron chi connectivity index (χ3n) is 8.75. The Balaban J connectivity index is 1.27. The van der Waals surface area contributed by atoms with E-state index in [0.29, 0.717) is 51.3 Å². The normalized spacial score (nSPS) is 32.7. The zero-order valence-electron chi connectivity index (χ0n) is 23.7. The maximum Gasteiger partial charge on any atom is 0.240 e. The summed E-state index contributed by atoms with van der Waals surface area (Å²) >= 11 is 0. The van der Waals surface area contributed by atoms with Crippen LogP contribution in [0.2, 0.25) is 0 Å². The Morgan fingerprint density at radius 2 is 1.81 bits per heavy atom.